The second-order valence-corrected chi connectivity index (χ2v) is 4.47. The molecule has 19 heavy (non-hydrogen) atoms. The summed E-state index contributed by atoms with van der Waals surface area (Å²) >= 11 is 0. The summed E-state index contributed by atoms with van der Waals surface area (Å²) in [4.78, 5) is 0. The molecule has 0 fully saturated rings. The first-order chi connectivity index (χ1) is 8.80. The first kappa shape index (κ1) is 17.9. The van der Waals surface area contributed by atoms with Gasteiger partial charge in [0.2, 0.25) is 0 Å². The van der Waals surface area contributed by atoms with Crippen LogP contribution in [0.15, 0.2) is 23.7 Å². The number of alkyl halides is 3. The zero-order chi connectivity index (χ0) is 14.9. The van der Waals surface area contributed by atoms with Gasteiger partial charge in [-0.1, -0.05) is 26.3 Å². The van der Waals surface area contributed by atoms with Crippen molar-refractivity contribution in [1.82, 2.24) is 0 Å². The molecule has 1 atom stereocenters. The van der Waals surface area contributed by atoms with Gasteiger partial charge in [-0.15, -0.1) is 0 Å². The maximum Gasteiger partial charge on any atom is 0.422 e. The Bertz CT molecular complexity index is 306. The van der Waals surface area contributed by atoms with Gasteiger partial charge >= 0.3 is 6.18 Å². The summed E-state index contributed by atoms with van der Waals surface area (Å²) in [6.45, 7) is 6.70. The Morgan fingerprint density at radius 1 is 1.26 bits per heavy atom. The summed E-state index contributed by atoms with van der Waals surface area (Å²) in [5.74, 6) is 1.05. The van der Waals surface area contributed by atoms with Crippen molar-refractivity contribution in [2.24, 2.45) is 5.92 Å². The average Bonchev–Trinajstić information content (AvgIpc) is 2.32. The predicted octanol–water partition coefficient (Wildman–Crippen LogP) is 4.83. The summed E-state index contributed by atoms with van der Waals surface area (Å²) in [6, 6.07) is 0. The number of allylic oxidation sites excluding steroid dienone is 3. The lowest BCUT2D eigenvalue weighted by atomic mass is 10.1. The largest absolute Gasteiger partial charge is 0.494 e. The molecule has 0 spiro atoms. The van der Waals surface area contributed by atoms with Crippen molar-refractivity contribution in [3.63, 3.8) is 0 Å². The number of rotatable bonds is 8. The molecule has 0 heterocycles. The van der Waals surface area contributed by atoms with Crippen molar-refractivity contribution >= 4 is 0 Å². The van der Waals surface area contributed by atoms with Crippen LogP contribution in [-0.2, 0) is 9.47 Å². The van der Waals surface area contributed by atoms with E-state index in [1.165, 1.54) is 6.08 Å². The van der Waals surface area contributed by atoms with Crippen molar-refractivity contribution in [2.75, 3.05) is 13.2 Å². The lowest BCUT2D eigenvalue weighted by molar-refractivity contribution is -0.164. The number of ether oxygens (including phenoxy) is 2. The van der Waals surface area contributed by atoms with Gasteiger partial charge in [-0.05, 0) is 32.3 Å². The van der Waals surface area contributed by atoms with Crippen molar-refractivity contribution < 1.29 is 22.6 Å². The Morgan fingerprint density at radius 3 is 2.37 bits per heavy atom. The molecule has 0 bridgehead atoms. The fourth-order valence-electron chi connectivity index (χ4n) is 1.27. The van der Waals surface area contributed by atoms with Crippen LogP contribution in [0.1, 0.15) is 40.5 Å². The van der Waals surface area contributed by atoms with Gasteiger partial charge in [0, 0.05) is 0 Å². The van der Waals surface area contributed by atoms with E-state index in [1.54, 1.807) is 19.9 Å². The Hall–Kier alpha value is -1.13. The average molecular weight is 280 g/mol. The van der Waals surface area contributed by atoms with Crippen molar-refractivity contribution in [3.8, 4) is 0 Å². The van der Waals surface area contributed by atoms with Gasteiger partial charge < -0.3 is 9.47 Å². The monoisotopic (exact) mass is 280 g/mol. The van der Waals surface area contributed by atoms with Crippen LogP contribution in [0, 0.1) is 5.92 Å². The van der Waals surface area contributed by atoms with Crippen LogP contribution in [-0.4, -0.2) is 19.4 Å². The SMILES string of the molecule is CC=CC(OCC(F)(F)F)=C(C)OCCC(C)CC. The normalized spacial score (nSPS) is 15.3. The number of hydrogen-bond donors (Lipinski definition) is 0. The minimum atomic E-state index is -4.34. The smallest absolute Gasteiger partial charge is 0.422 e. The lowest BCUT2D eigenvalue weighted by Crippen LogP contribution is -2.17. The van der Waals surface area contributed by atoms with Gasteiger partial charge in [-0.25, -0.2) is 0 Å². The molecule has 0 radical (unpaired) electrons. The van der Waals surface area contributed by atoms with Gasteiger partial charge in [0.25, 0.3) is 0 Å². The van der Waals surface area contributed by atoms with E-state index >= 15 is 0 Å². The van der Waals surface area contributed by atoms with Gasteiger partial charge in [0.05, 0.1) is 6.61 Å². The quantitative estimate of drug-likeness (QED) is 0.468. The highest BCUT2D eigenvalue weighted by Crippen LogP contribution is 2.19. The van der Waals surface area contributed by atoms with Crippen LogP contribution in [0.4, 0.5) is 13.2 Å². The Balaban J connectivity index is 4.42. The first-order valence-electron chi connectivity index (χ1n) is 6.46. The summed E-state index contributed by atoms with van der Waals surface area (Å²) in [7, 11) is 0. The maximum atomic E-state index is 12.1. The molecule has 0 aliphatic heterocycles. The van der Waals surface area contributed by atoms with E-state index in [1.807, 2.05) is 0 Å². The van der Waals surface area contributed by atoms with Crippen LogP contribution in [0.25, 0.3) is 0 Å². The van der Waals surface area contributed by atoms with Crippen molar-refractivity contribution in [1.29, 1.82) is 0 Å². The van der Waals surface area contributed by atoms with E-state index in [2.05, 4.69) is 13.8 Å². The predicted molar refractivity (Wildman–Crippen MR) is 69.5 cm³/mol. The molecule has 0 aromatic heterocycles. The van der Waals surface area contributed by atoms with Gasteiger partial charge in [-0.2, -0.15) is 13.2 Å². The van der Waals surface area contributed by atoms with Crippen LogP contribution in [0.3, 0.4) is 0 Å². The first-order valence-corrected chi connectivity index (χ1v) is 6.46. The Labute approximate surface area is 113 Å². The molecule has 2 nitrogen and oxygen atoms in total. The molecule has 5 heteroatoms. The molecule has 0 aromatic carbocycles. The van der Waals surface area contributed by atoms with Crippen LogP contribution in [0.5, 0.6) is 0 Å². The maximum absolute atomic E-state index is 12.1. The fourth-order valence-corrected chi connectivity index (χ4v) is 1.27. The molecule has 112 valence electrons. The van der Waals surface area contributed by atoms with Gasteiger partial charge in [0.1, 0.15) is 5.76 Å². The van der Waals surface area contributed by atoms with E-state index in [0.717, 1.165) is 12.8 Å². The summed E-state index contributed by atoms with van der Waals surface area (Å²) in [6.07, 6.45) is 0.677. The molecule has 0 aromatic rings. The fraction of sp³-hybridized carbons (Fsp3) is 0.714. The zero-order valence-electron chi connectivity index (χ0n) is 12.0. The van der Waals surface area contributed by atoms with Crippen molar-refractivity contribution in [2.45, 2.75) is 46.7 Å². The highest BCUT2D eigenvalue weighted by molar-refractivity contribution is 5.14. The summed E-state index contributed by atoms with van der Waals surface area (Å²) in [5.41, 5.74) is 0. The highest BCUT2D eigenvalue weighted by Gasteiger charge is 2.28. The third kappa shape index (κ3) is 9.45. The highest BCUT2D eigenvalue weighted by atomic mass is 19.4. The second kappa shape index (κ2) is 8.88. The molecule has 0 aliphatic carbocycles. The molecule has 0 aliphatic rings. The van der Waals surface area contributed by atoms with Crippen LogP contribution in [0.2, 0.25) is 0 Å². The second-order valence-electron chi connectivity index (χ2n) is 4.47. The summed E-state index contributed by atoms with van der Waals surface area (Å²) in [5, 5.41) is 0. The minimum Gasteiger partial charge on any atom is -0.494 e. The molecule has 0 amide bonds. The third-order valence-electron chi connectivity index (χ3n) is 2.68. The molecular formula is C14H23F3O2. The van der Waals surface area contributed by atoms with E-state index in [-0.39, 0.29) is 5.76 Å². The zero-order valence-corrected chi connectivity index (χ0v) is 12.0. The van der Waals surface area contributed by atoms with E-state index in [9.17, 15) is 13.2 Å². The van der Waals surface area contributed by atoms with E-state index in [4.69, 9.17) is 9.47 Å². The summed E-state index contributed by atoms with van der Waals surface area (Å²) < 4.78 is 46.5. The standard InChI is InChI=1S/C14H23F3O2/c1-5-7-13(19-10-14(15,16)17)12(4)18-9-8-11(3)6-2/h5,7,11H,6,8-10H2,1-4H3. The number of hydrogen-bond acceptors (Lipinski definition) is 2. The topological polar surface area (TPSA) is 18.5 Å². The molecule has 0 rings (SSSR count). The molecule has 0 saturated carbocycles. The van der Waals surface area contributed by atoms with Crippen molar-refractivity contribution in [3.05, 3.63) is 23.7 Å². The number of halogens is 3. The van der Waals surface area contributed by atoms with Crippen LogP contribution >= 0.6 is 0 Å². The molecule has 0 saturated heterocycles. The molecular weight excluding hydrogens is 257 g/mol. The third-order valence-corrected chi connectivity index (χ3v) is 2.68. The Kier molecular flexibility index (Phi) is 8.35. The van der Waals surface area contributed by atoms with Gasteiger partial charge in [-0.3, -0.25) is 0 Å². The van der Waals surface area contributed by atoms with E-state index in [0.29, 0.717) is 18.3 Å². The minimum absolute atomic E-state index is 0.129. The van der Waals surface area contributed by atoms with E-state index < -0.39 is 12.8 Å². The molecule has 1 unspecified atom stereocenters. The Morgan fingerprint density at radius 2 is 1.89 bits per heavy atom. The lowest BCUT2D eigenvalue weighted by Gasteiger charge is -2.15. The molecule has 0 N–H and O–H groups in total. The van der Waals surface area contributed by atoms with Crippen LogP contribution < -0.4 is 0 Å². The van der Waals surface area contributed by atoms with Gasteiger partial charge in [0.15, 0.2) is 12.4 Å².